The molecule has 45 heavy (non-hydrogen) atoms. The Kier molecular flexibility index (Phi) is 10.4. The van der Waals surface area contributed by atoms with Crippen LogP contribution in [0.5, 0.6) is 17.2 Å². The van der Waals surface area contributed by atoms with Gasteiger partial charge in [0.05, 0.1) is 54.9 Å². The Bertz CT molecular complexity index is 1750. The van der Waals surface area contributed by atoms with E-state index in [2.05, 4.69) is 4.99 Å². The smallest absolute Gasteiger partial charge is 0.338 e. The highest BCUT2D eigenvalue weighted by Gasteiger charge is 2.33. The molecule has 12 heteroatoms. The molecule has 3 aromatic rings. The summed E-state index contributed by atoms with van der Waals surface area (Å²) in [5.41, 5.74) is 1.95. The Morgan fingerprint density at radius 2 is 1.71 bits per heavy atom. The van der Waals surface area contributed by atoms with E-state index in [0.29, 0.717) is 82.9 Å². The number of rotatable bonds is 11. The van der Waals surface area contributed by atoms with Crippen molar-refractivity contribution < 1.29 is 33.3 Å². The Morgan fingerprint density at radius 1 is 0.978 bits per heavy atom. The molecule has 0 unspecified atom stereocenters. The van der Waals surface area contributed by atoms with Gasteiger partial charge in [0.15, 0.2) is 22.9 Å². The monoisotopic (exact) mass is 635 g/mol. The fourth-order valence-corrected chi connectivity index (χ4v) is 6.26. The number of ether oxygens (including phenoxy) is 5. The molecule has 0 bridgehead atoms. The van der Waals surface area contributed by atoms with Crippen LogP contribution in [0, 0.1) is 0 Å². The van der Waals surface area contributed by atoms with Crippen molar-refractivity contribution in [3.63, 3.8) is 0 Å². The summed E-state index contributed by atoms with van der Waals surface area (Å²) in [6.07, 6.45) is 1.76. The highest BCUT2D eigenvalue weighted by atomic mass is 32.1. The largest absolute Gasteiger partial charge is 0.494 e. The second kappa shape index (κ2) is 14.6. The average Bonchev–Trinajstić information content (AvgIpc) is 3.34. The molecule has 2 aromatic carbocycles. The number of hydrogen-bond donors (Lipinski definition) is 0. The third kappa shape index (κ3) is 7.12. The summed E-state index contributed by atoms with van der Waals surface area (Å²) in [5, 5.41) is 0. The lowest BCUT2D eigenvalue weighted by atomic mass is 9.96. The van der Waals surface area contributed by atoms with Crippen molar-refractivity contribution >= 4 is 29.3 Å². The first-order chi connectivity index (χ1) is 21.8. The second-order valence-electron chi connectivity index (χ2n) is 10.2. The Morgan fingerprint density at radius 3 is 2.40 bits per heavy atom. The minimum Gasteiger partial charge on any atom is -0.494 e. The number of aromatic nitrogens is 1. The summed E-state index contributed by atoms with van der Waals surface area (Å²) in [4.78, 5) is 46.6. The molecule has 3 heterocycles. The molecule has 1 amide bonds. The zero-order chi connectivity index (χ0) is 31.9. The van der Waals surface area contributed by atoms with Crippen molar-refractivity contribution in [1.82, 2.24) is 9.47 Å². The molecule has 2 aliphatic rings. The zero-order valence-corrected chi connectivity index (χ0v) is 26.7. The van der Waals surface area contributed by atoms with E-state index in [9.17, 15) is 14.4 Å². The van der Waals surface area contributed by atoms with Crippen molar-refractivity contribution in [2.24, 2.45) is 4.99 Å². The zero-order valence-electron chi connectivity index (χ0n) is 25.9. The maximum atomic E-state index is 14.0. The molecule has 5 rings (SSSR count). The van der Waals surface area contributed by atoms with Gasteiger partial charge in [-0.05, 0) is 69.2 Å². The molecule has 1 fully saturated rings. The average molecular weight is 636 g/mol. The van der Waals surface area contributed by atoms with Gasteiger partial charge in [-0.15, -0.1) is 0 Å². The fraction of sp³-hybridized carbons (Fsp3) is 0.394. The van der Waals surface area contributed by atoms with Gasteiger partial charge in [-0.3, -0.25) is 14.2 Å². The minimum absolute atomic E-state index is 0.119. The standard InChI is InChI=1S/C33H37N3O8S/c1-5-41-24-11-9-23(10-12-24)30-29(32(39)43-7-3)21(4)34-33-36(30)31(38)27(45-33)19-22-8-13-25(26(18-22)42-6-2)44-20-28(37)35-14-16-40-17-15-35/h8-13,18-19,30H,5-7,14-17,20H2,1-4H3/b27-19+/t30-/m0/s1. The number of carbonyl (C=O) groups is 2. The first kappa shape index (κ1) is 32.0. The van der Waals surface area contributed by atoms with Gasteiger partial charge >= 0.3 is 5.97 Å². The number of hydrogen-bond acceptors (Lipinski definition) is 10. The lowest BCUT2D eigenvalue weighted by Gasteiger charge is -2.26. The number of thiazole rings is 1. The summed E-state index contributed by atoms with van der Waals surface area (Å²) in [7, 11) is 0. The third-order valence-corrected chi connectivity index (χ3v) is 8.29. The topological polar surface area (TPSA) is 118 Å². The molecule has 1 aromatic heterocycles. The van der Waals surface area contributed by atoms with Gasteiger partial charge in [0.1, 0.15) is 5.75 Å². The van der Waals surface area contributed by atoms with Gasteiger partial charge < -0.3 is 28.6 Å². The molecule has 1 atom stereocenters. The van der Waals surface area contributed by atoms with E-state index in [0.717, 1.165) is 5.56 Å². The van der Waals surface area contributed by atoms with Gasteiger partial charge in [0.25, 0.3) is 11.5 Å². The number of fused-ring (bicyclic) bond motifs is 1. The Labute approximate surface area is 265 Å². The lowest BCUT2D eigenvalue weighted by Crippen LogP contribution is -2.43. The molecule has 0 N–H and O–H groups in total. The second-order valence-corrected chi connectivity index (χ2v) is 11.2. The molecule has 1 saturated heterocycles. The molecule has 0 radical (unpaired) electrons. The number of carbonyl (C=O) groups excluding carboxylic acids is 2. The maximum absolute atomic E-state index is 14.0. The van der Waals surface area contributed by atoms with Gasteiger partial charge in [-0.25, -0.2) is 9.79 Å². The maximum Gasteiger partial charge on any atom is 0.338 e. The first-order valence-corrected chi connectivity index (χ1v) is 15.8. The quantitative estimate of drug-likeness (QED) is 0.296. The van der Waals surface area contributed by atoms with Gasteiger partial charge in [0, 0.05) is 13.1 Å². The van der Waals surface area contributed by atoms with Crippen molar-refractivity contribution in [2.75, 3.05) is 52.7 Å². The fourth-order valence-electron chi connectivity index (χ4n) is 5.22. The lowest BCUT2D eigenvalue weighted by molar-refractivity contribution is -0.139. The van der Waals surface area contributed by atoms with Crippen LogP contribution in [0.1, 0.15) is 44.9 Å². The predicted molar refractivity (Wildman–Crippen MR) is 169 cm³/mol. The summed E-state index contributed by atoms with van der Waals surface area (Å²) in [6, 6.07) is 11.9. The number of morpholine rings is 1. The summed E-state index contributed by atoms with van der Waals surface area (Å²) < 4.78 is 29.9. The predicted octanol–water partition coefficient (Wildman–Crippen LogP) is 2.83. The highest BCUT2D eigenvalue weighted by Crippen LogP contribution is 2.32. The van der Waals surface area contributed by atoms with Crippen LogP contribution in [-0.2, 0) is 19.1 Å². The van der Waals surface area contributed by atoms with Crippen LogP contribution in [0.15, 0.2) is 63.5 Å². The minimum atomic E-state index is -0.725. The van der Waals surface area contributed by atoms with Crippen molar-refractivity contribution in [1.29, 1.82) is 0 Å². The summed E-state index contributed by atoms with van der Waals surface area (Å²) in [5.74, 6) is 0.945. The number of esters is 1. The van der Waals surface area contributed by atoms with Crippen LogP contribution in [0.4, 0.5) is 0 Å². The van der Waals surface area contributed by atoms with Crippen LogP contribution in [0.2, 0.25) is 0 Å². The normalized spacial score (nSPS) is 16.6. The van der Waals surface area contributed by atoms with E-state index in [1.54, 1.807) is 47.6 Å². The highest BCUT2D eigenvalue weighted by molar-refractivity contribution is 7.07. The van der Waals surface area contributed by atoms with E-state index in [-0.39, 0.29) is 24.7 Å². The molecule has 0 saturated carbocycles. The number of amides is 1. The van der Waals surface area contributed by atoms with Crippen LogP contribution in [0.25, 0.3) is 6.08 Å². The van der Waals surface area contributed by atoms with Gasteiger partial charge in [-0.2, -0.15) is 0 Å². The van der Waals surface area contributed by atoms with E-state index in [1.165, 1.54) is 11.3 Å². The van der Waals surface area contributed by atoms with E-state index >= 15 is 0 Å². The van der Waals surface area contributed by atoms with Crippen LogP contribution < -0.4 is 29.1 Å². The summed E-state index contributed by atoms with van der Waals surface area (Å²) >= 11 is 1.24. The Hall–Kier alpha value is -4.42. The molecule has 2 aliphatic heterocycles. The van der Waals surface area contributed by atoms with Crippen molar-refractivity contribution in [3.05, 3.63) is 84.5 Å². The van der Waals surface area contributed by atoms with Crippen molar-refractivity contribution in [3.8, 4) is 17.2 Å². The summed E-state index contributed by atoms with van der Waals surface area (Å²) in [6.45, 7) is 10.3. The van der Waals surface area contributed by atoms with Crippen LogP contribution in [0.3, 0.4) is 0 Å². The molecule has 0 spiro atoms. The number of nitrogens with zero attached hydrogens (tertiary/aromatic N) is 3. The van der Waals surface area contributed by atoms with Crippen LogP contribution in [-0.4, -0.2) is 74.1 Å². The molecular weight excluding hydrogens is 598 g/mol. The van der Waals surface area contributed by atoms with Gasteiger partial charge in [-0.1, -0.05) is 29.5 Å². The van der Waals surface area contributed by atoms with Gasteiger partial charge in [0.2, 0.25) is 0 Å². The molecule has 238 valence electrons. The SMILES string of the molecule is CCOC(=O)C1=C(C)N=c2s/c(=C/c3ccc(OCC(=O)N4CCOCC4)c(OCC)c3)c(=O)n2[C@H]1c1ccc(OCC)cc1. The van der Waals surface area contributed by atoms with E-state index < -0.39 is 12.0 Å². The molecule has 11 nitrogen and oxygen atoms in total. The van der Waals surface area contributed by atoms with Crippen molar-refractivity contribution in [2.45, 2.75) is 33.7 Å². The number of allylic oxidation sites excluding steroid dienone is 1. The van der Waals surface area contributed by atoms with E-state index in [4.69, 9.17) is 23.7 Å². The molecule has 0 aliphatic carbocycles. The number of benzene rings is 2. The van der Waals surface area contributed by atoms with Crippen LogP contribution >= 0.6 is 11.3 Å². The molecular formula is C33H37N3O8S. The first-order valence-electron chi connectivity index (χ1n) is 15.0. The Balaban J connectivity index is 1.50. The van der Waals surface area contributed by atoms with E-state index in [1.807, 2.05) is 38.1 Å². The third-order valence-electron chi connectivity index (χ3n) is 7.30.